The number of carbonyl (C=O) groups is 3. The van der Waals surface area contributed by atoms with Crippen LogP contribution in [0.15, 0.2) is 24.3 Å². The van der Waals surface area contributed by atoms with Gasteiger partial charge in [0.25, 0.3) is 5.91 Å². The van der Waals surface area contributed by atoms with Crippen molar-refractivity contribution in [2.45, 2.75) is 24.9 Å². The highest BCUT2D eigenvalue weighted by molar-refractivity contribution is 7.91. The fourth-order valence-corrected chi connectivity index (χ4v) is 4.61. The molecule has 3 rings (SSSR count). The van der Waals surface area contributed by atoms with E-state index in [4.69, 9.17) is 0 Å². The number of sulfone groups is 1. The number of carbonyl (C=O) groups excluding carboxylic acids is 3. The van der Waals surface area contributed by atoms with Crippen molar-refractivity contribution in [1.82, 2.24) is 10.2 Å². The van der Waals surface area contributed by atoms with Crippen LogP contribution in [0.1, 0.15) is 28.8 Å². The third-order valence-corrected chi connectivity index (χ3v) is 6.29. The maximum atomic E-state index is 12.7. The summed E-state index contributed by atoms with van der Waals surface area (Å²) in [6.45, 7) is 0.0562. The Labute approximate surface area is 145 Å². The molecule has 0 bridgehead atoms. The van der Waals surface area contributed by atoms with E-state index < -0.39 is 33.3 Å². The summed E-state index contributed by atoms with van der Waals surface area (Å²) >= 11 is 0. The highest BCUT2D eigenvalue weighted by atomic mass is 32.2. The number of rotatable bonds is 3. The van der Waals surface area contributed by atoms with E-state index in [1.54, 1.807) is 24.3 Å². The minimum atomic E-state index is -3.14. The van der Waals surface area contributed by atoms with Crippen LogP contribution >= 0.6 is 0 Å². The average Bonchev–Trinajstić information content (AvgIpc) is 2.82. The summed E-state index contributed by atoms with van der Waals surface area (Å²) in [6, 6.07) is 5.87. The largest absolute Gasteiger partial charge is 0.465 e. The topological polar surface area (TPSA) is 110 Å². The third kappa shape index (κ3) is 3.23. The number of nitrogens with zero attached hydrogens (tertiary/aromatic N) is 1. The zero-order chi connectivity index (χ0) is 18.2. The molecule has 2 heterocycles. The zero-order valence-corrected chi connectivity index (χ0v) is 14.5. The van der Waals surface area contributed by atoms with E-state index in [0.717, 1.165) is 4.90 Å². The molecular formula is C16H18N2O6S. The van der Waals surface area contributed by atoms with Crippen molar-refractivity contribution in [1.29, 1.82) is 0 Å². The second kappa shape index (κ2) is 6.14. The summed E-state index contributed by atoms with van der Waals surface area (Å²) in [7, 11) is -1.86. The molecule has 2 saturated heterocycles. The van der Waals surface area contributed by atoms with Gasteiger partial charge in [0.15, 0.2) is 9.84 Å². The Bertz CT molecular complexity index is 817. The molecule has 1 N–H and O–H groups in total. The summed E-state index contributed by atoms with van der Waals surface area (Å²) in [5, 5.41) is 2.66. The lowest BCUT2D eigenvalue weighted by Crippen LogP contribution is -2.52. The molecule has 0 atom stereocenters. The maximum absolute atomic E-state index is 12.7. The first kappa shape index (κ1) is 17.4. The predicted octanol–water partition coefficient (Wildman–Crippen LogP) is 0.472. The van der Waals surface area contributed by atoms with Crippen molar-refractivity contribution < 1.29 is 27.5 Å². The molecule has 1 spiro atoms. The fraction of sp³-hybridized carbons (Fsp3) is 0.438. The predicted molar refractivity (Wildman–Crippen MR) is 87.5 cm³/mol. The van der Waals surface area contributed by atoms with Gasteiger partial charge >= 0.3 is 12.0 Å². The number of nitrogens with one attached hydrogen (secondary N) is 1. The van der Waals surface area contributed by atoms with Crippen LogP contribution in [-0.4, -0.2) is 55.4 Å². The minimum absolute atomic E-state index is 0.0562. The van der Waals surface area contributed by atoms with Crippen molar-refractivity contribution in [3.8, 4) is 0 Å². The Morgan fingerprint density at radius 2 is 1.80 bits per heavy atom. The van der Waals surface area contributed by atoms with E-state index in [1.165, 1.54) is 7.11 Å². The fourth-order valence-electron chi connectivity index (χ4n) is 3.09. The van der Waals surface area contributed by atoms with E-state index in [1.807, 2.05) is 0 Å². The number of amides is 3. The smallest absolute Gasteiger partial charge is 0.337 e. The molecule has 9 heteroatoms. The highest BCUT2D eigenvalue weighted by Gasteiger charge is 2.53. The number of imide groups is 1. The Kier molecular flexibility index (Phi) is 4.28. The van der Waals surface area contributed by atoms with Crippen LogP contribution < -0.4 is 5.32 Å². The number of hydrogen-bond acceptors (Lipinski definition) is 6. The first-order chi connectivity index (χ1) is 11.8. The van der Waals surface area contributed by atoms with Gasteiger partial charge in [0.05, 0.1) is 30.7 Å². The standard InChI is InChI=1S/C16H18N2O6S/c1-24-13(19)12-4-2-11(3-5-12)10-18-14(20)16(17-15(18)21)6-8-25(22,23)9-7-16/h2-5H,6-10H2,1H3,(H,17,21). The lowest BCUT2D eigenvalue weighted by molar-refractivity contribution is -0.132. The molecule has 1 aromatic rings. The Morgan fingerprint density at radius 3 is 2.36 bits per heavy atom. The Morgan fingerprint density at radius 1 is 1.20 bits per heavy atom. The molecule has 134 valence electrons. The molecule has 0 aromatic heterocycles. The normalized spacial score (nSPS) is 21.2. The van der Waals surface area contributed by atoms with Gasteiger partial charge in [0.1, 0.15) is 5.54 Å². The van der Waals surface area contributed by atoms with E-state index in [-0.39, 0.29) is 30.9 Å². The Balaban J connectivity index is 1.74. The van der Waals surface area contributed by atoms with E-state index in [9.17, 15) is 22.8 Å². The van der Waals surface area contributed by atoms with Crippen LogP contribution in [0, 0.1) is 0 Å². The summed E-state index contributed by atoms with van der Waals surface area (Å²) in [5.41, 5.74) is -0.0667. The molecule has 2 aliphatic heterocycles. The number of methoxy groups -OCH3 is 1. The van der Waals surface area contributed by atoms with Crippen LogP contribution in [0.2, 0.25) is 0 Å². The van der Waals surface area contributed by atoms with E-state index in [0.29, 0.717) is 11.1 Å². The summed E-state index contributed by atoms with van der Waals surface area (Å²) < 4.78 is 27.8. The quantitative estimate of drug-likeness (QED) is 0.615. The van der Waals surface area contributed by atoms with Gasteiger partial charge in [-0.15, -0.1) is 0 Å². The lowest BCUT2D eigenvalue weighted by atomic mass is 9.92. The van der Waals surface area contributed by atoms with Crippen LogP contribution in [-0.2, 0) is 25.9 Å². The monoisotopic (exact) mass is 366 g/mol. The molecular weight excluding hydrogens is 348 g/mol. The zero-order valence-electron chi connectivity index (χ0n) is 13.6. The Hall–Kier alpha value is -2.42. The van der Waals surface area contributed by atoms with Gasteiger partial charge in [-0.2, -0.15) is 0 Å². The lowest BCUT2D eigenvalue weighted by Gasteiger charge is -2.30. The van der Waals surface area contributed by atoms with Crippen molar-refractivity contribution in [3.63, 3.8) is 0 Å². The van der Waals surface area contributed by atoms with E-state index >= 15 is 0 Å². The summed E-state index contributed by atoms with van der Waals surface area (Å²) in [6.07, 6.45) is 0.190. The number of ether oxygens (including phenoxy) is 1. The second-order valence-electron chi connectivity index (χ2n) is 6.24. The molecule has 0 aliphatic carbocycles. The van der Waals surface area contributed by atoms with Crippen LogP contribution in [0.4, 0.5) is 4.79 Å². The van der Waals surface area contributed by atoms with Gasteiger partial charge in [-0.1, -0.05) is 12.1 Å². The van der Waals surface area contributed by atoms with Crippen LogP contribution in [0.5, 0.6) is 0 Å². The summed E-state index contributed by atoms with van der Waals surface area (Å²) in [5.74, 6) is -1.09. The summed E-state index contributed by atoms with van der Waals surface area (Å²) in [4.78, 5) is 37.4. The third-order valence-electron chi connectivity index (χ3n) is 4.64. The number of esters is 1. The van der Waals surface area contributed by atoms with Gasteiger partial charge < -0.3 is 10.1 Å². The molecule has 0 saturated carbocycles. The highest BCUT2D eigenvalue weighted by Crippen LogP contribution is 2.31. The van der Waals surface area contributed by atoms with Gasteiger partial charge in [0.2, 0.25) is 0 Å². The maximum Gasteiger partial charge on any atom is 0.337 e. The molecule has 3 amide bonds. The number of benzene rings is 1. The first-order valence-electron chi connectivity index (χ1n) is 7.78. The molecule has 8 nitrogen and oxygen atoms in total. The van der Waals surface area contributed by atoms with Gasteiger partial charge in [0, 0.05) is 0 Å². The second-order valence-corrected chi connectivity index (χ2v) is 8.55. The van der Waals surface area contributed by atoms with E-state index in [2.05, 4.69) is 10.1 Å². The molecule has 0 radical (unpaired) electrons. The number of urea groups is 1. The van der Waals surface area contributed by atoms with Gasteiger partial charge in [-0.3, -0.25) is 9.69 Å². The first-order valence-corrected chi connectivity index (χ1v) is 9.60. The van der Waals surface area contributed by atoms with Crippen LogP contribution in [0.25, 0.3) is 0 Å². The molecule has 25 heavy (non-hydrogen) atoms. The number of hydrogen-bond donors (Lipinski definition) is 1. The van der Waals surface area contributed by atoms with Crippen molar-refractivity contribution in [2.24, 2.45) is 0 Å². The molecule has 2 aliphatic rings. The van der Waals surface area contributed by atoms with Crippen molar-refractivity contribution >= 4 is 27.7 Å². The average molecular weight is 366 g/mol. The van der Waals surface area contributed by atoms with Gasteiger partial charge in [-0.25, -0.2) is 18.0 Å². The van der Waals surface area contributed by atoms with Gasteiger partial charge in [-0.05, 0) is 30.5 Å². The SMILES string of the molecule is COC(=O)c1ccc(CN2C(=O)NC3(CCS(=O)(=O)CC3)C2=O)cc1. The minimum Gasteiger partial charge on any atom is -0.465 e. The molecule has 2 fully saturated rings. The molecule has 1 aromatic carbocycles. The van der Waals surface area contributed by atoms with Crippen molar-refractivity contribution in [2.75, 3.05) is 18.6 Å². The van der Waals surface area contributed by atoms with Crippen molar-refractivity contribution in [3.05, 3.63) is 35.4 Å². The van der Waals surface area contributed by atoms with Crippen LogP contribution in [0.3, 0.4) is 0 Å². The molecule has 0 unspecified atom stereocenters.